The van der Waals surface area contributed by atoms with Gasteiger partial charge < -0.3 is 10.0 Å². The highest BCUT2D eigenvalue weighted by Crippen LogP contribution is 2.35. The number of nitrogens with zero attached hydrogens (tertiary/aromatic N) is 4. The second-order valence-electron chi connectivity index (χ2n) is 7.49. The van der Waals surface area contributed by atoms with Crippen LogP contribution in [0.4, 0.5) is 11.6 Å². The molecule has 4 rings (SSSR count). The van der Waals surface area contributed by atoms with Crippen LogP contribution in [-0.4, -0.2) is 49.5 Å². The highest BCUT2D eigenvalue weighted by molar-refractivity contribution is 7.16. The molecule has 1 saturated heterocycles. The topological polar surface area (TPSA) is 121 Å². The number of rotatable bonds is 6. The van der Waals surface area contributed by atoms with Gasteiger partial charge in [0.1, 0.15) is 10.4 Å². The molecule has 0 aliphatic carbocycles. The first kappa shape index (κ1) is 21.4. The molecule has 3 aromatic rings. The number of piperidine rings is 1. The van der Waals surface area contributed by atoms with E-state index in [9.17, 15) is 20.0 Å². The van der Waals surface area contributed by atoms with Crippen LogP contribution in [0.5, 0.6) is 0 Å². The van der Waals surface area contributed by atoms with Crippen molar-refractivity contribution in [2.24, 2.45) is 0 Å². The van der Waals surface area contributed by atoms with Gasteiger partial charge in [-0.3, -0.25) is 20.2 Å². The number of non-ortho nitro benzene ring substituents is 1. The first-order valence-corrected chi connectivity index (χ1v) is 11.0. The zero-order valence-corrected chi connectivity index (χ0v) is 18.1. The van der Waals surface area contributed by atoms with Crippen molar-refractivity contribution in [2.75, 3.05) is 11.4 Å². The Hall–Kier alpha value is -2.82. The third-order valence-electron chi connectivity index (χ3n) is 5.70. The van der Waals surface area contributed by atoms with Gasteiger partial charge in [0.15, 0.2) is 0 Å². The molecule has 0 bridgehead atoms. The van der Waals surface area contributed by atoms with Gasteiger partial charge in [-0.1, -0.05) is 12.1 Å². The number of thiophene rings is 1. The molecule has 0 amide bonds. The molecular formula is C20H20ClN5O4S. The Morgan fingerprint density at radius 2 is 2.29 bits per heavy atom. The van der Waals surface area contributed by atoms with Gasteiger partial charge in [-0.15, -0.1) is 22.9 Å². The Bertz CT molecular complexity index is 1140. The maximum absolute atomic E-state index is 12.3. The second-order valence-corrected chi connectivity index (χ2v) is 8.86. The molecule has 1 aromatic carbocycles. The third kappa shape index (κ3) is 3.93. The molecule has 162 valence electrons. The highest BCUT2D eigenvalue weighted by atomic mass is 35.5. The van der Waals surface area contributed by atoms with Crippen molar-refractivity contribution < 1.29 is 14.8 Å². The molecule has 1 fully saturated rings. The molecule has 0 radical (unpaired) electrons. The molecule has 1 aliphatic heterocycles. The molecule has 0 saturated carbocycles. The average Bonchev–Trinajstić information content (AvgIpc) is 3.23. The van der Waals surface area contributed by atoms with Crippen molar-refractivity contribution in [1.29, 1.82) is 0 Å². The van der Waals surface area contributed by atoms with Crippen LogP contribution in [0.25, 0.3) is 10.2 Å². The molecule has 3 atom stereocenters. The quantitative estimate of drug-likeness (QED) is 0.325. The van der Waals surface area contributed by atoms with E-state index in [-0.39, 0.29) is 24.7 Å². The number of carboxylic acids is 1. The van der Waals surface area contributed by atoms with Gasteiger partial charge in [-0.25, -0.2) is 9.97 Å². The number of carbonyl (C=O) groups is 1. The zero-order valence-electron chi connectivity index (χ0n) is 16.6. The minimum Gasteiger partial charge on any atom is -0.480 e. The highest BCUT2D eigenvalue weighted by Gasteiger charge is 2.52. The summed E-state index contributed by atoms with van der Waals surface area (Å²) in [5.41, 5.74) is -0.828. The van der Waals surface area contributed by atoms with E-state index in [4.69, 9.17) is 11.6 Å². The molecule has 3 heterocycles. The van der Waals surface area contributed by atoms with Crippen LogP contribution in [0.2, 0.25) is 0 Å². The van der Waals surface area contributed by atoms with Crippen molar-refractivity contribution in [3.8, 4) is 0 Å². The number of halogens is 1. The van der Waals surface area contributed by atoms with Gasteiger partial charge in [-0.05, 0) is 30.4 Å². The predicted octanol–water partition coefficient (Wildman–Crippen LogP) is 3.42. The number of carboxylic acid groups (broad SMARTS) is 1. The molecule has 3 unspecified atom stereocenters. The van der Waals surface area contributed by atoms with E-state index in [1.54, 1.807) is 18.3 Å². The lowest BCUT2D eigenvalue weighted by Crippen LogP contribution is -2.68. The van der Waals surface area contributed by atoms with Gasteiger partial charge in [0.2, 0.25) is 5.95 Å². The summed E-state index contributed by atoms with van der Waals surface area (Å²) in [7, 11) is 0. The van der Waals surface area contributed by atoms with Gasteiger partial charge in [0.05, 0.1) is 10.3 Å². The van der Waals surface area contributed by atoms with Crippen molar-refractivity contribution >= 4 is 50.8 Å². The summed E-state index contributed by atoms with van der Waals surface area (Å²) in [6, 6.07) is 7.69. The molecule has 31 heavy (non-hydrogen) atoms. The van der Waals surface area contributed by atoms with Gasteiger partial charge in [0.25, 0.3) is 5.69 Å². The summed E-state index contributed by atoms with van der Waals surface area (Å²) in [6.07, 6.45) is 1.98. The monoisotopic (exact) mass is 461 g/mol. The van der Waals surface area contributed by atoms with E-state index < -0.39 is 21.8 Å². The van der Waals surface area contributed by atoms with Crippen LogP contribution in [-0.2, 0) is 11.3 Å². The van der Waals surface area contributed by atoms with Crippen LogP contribution in [0.1, 0.15) is 18.9 Å². The number of hydrogen-bond acceptors (Lipinski definition) is 8. The fraction of sp³-hybridized carbons (Fsp3) is 0.350. The van der Waals surface area contributed by atoms with E-state index in [1.807, 2.05) is 23.3 Å². The number of fused-ring (bicyclic) bond motifs is 1. The number of benzene rings is 1. The number of aliphatic carboxylic acids is 1. The molecular weight excluding hydrogens is 442 g/mol. The molecule has 0 spiro atoms. The number of aromatic nitrogens is 2. The normalized spacial score (nSPS) is 23.7. The fourth-order valence-corrected chi connectivity index (χ4v) is 5.05. The smallest absolute Gasteiger partial charge is 0.325 e. The standard InChI is InChI=1S/C20H20ClN5O4S/c1-12-16(21)20(18(27)28,23-10-13-3-2-4-15(9-13)26(29)30)6-7-25(12)19-22-11-14-5-8-31-17(14)24-19/h2-5,8-9,11-12,16,23H,6-7,10H2,1H3,(H,27,28). The number of hydrogen-bond donors (Lipinski definition) is 2. The Morgan fingerprint density at radius 1 is 1.48 bits per heavy atom. The summed E-state index contributed by atoms with van der Waals surface area (Å²) in [4.78, 5) is 34.7. The summed E-state index contributed by atoms with van der Waals surface area (Å²) in [6.45, 7) is 2.39. The number of nitro groups is 1. The van der Waals surface area contributed by atoms with Crippen molar-refractivity contribution in [2.45, 2.75) is 36.8 Å². The third-order valence-corrected chi connectivity index (χ3v) is 7.26. The summed E-state index contributed by atoms with van der Waals surface area (Å²) in [5.74, 6) is -0.537. The largest absolute Gasteiger partial charge is 0.480 e. The second kappa shape index (κ2) is 8.37. The van der Waals surface area contributed by atoms with E-state index in [2.05, 4.69) is 15.3 Å². The molecule has 1 aliphatic rings. The van der Waals surface area contributed by atoms with Crippen molar-refractivity contribution in [3.05, 3.63) is 57.6 Å². The van der Waals surface area contributed by atoms with E-state index in [1.165, 1.54) is 23.5 Å². The van der Waals surface area contributed by atoms with E-state index in [0.717, 1.165) is 10.2 Å². The summed E-state index contributed by atoms with van der Waals surface area (Å²) in [5, 5.41) is 26.3. The van der Waals surface area contributed by atoms with Crippen molar-refractivity contribution in [1.82, 2.24) is 15.3 Å². The average molecular weight is 462 g/mol. The minimum absolute atomic E-state index is 0.0459. The van der Waals surface area contributed by atoms with Crippen LogP contribution >= 0.6 is 22.9 Å². The fourth-order valence-electron chi connectivity index (χ4n) is 3.90. The molecule has 11 heteroatoms. The van der Waals surface area contributed by atoms with Gasteiger partial charge in [-0.2, -0.15) is 0 Å². The van der Waals surface area contributed by atoms with Crippen LogP contribution < -0.4 is 10.2 Å². The lowest BCUT2D eigenvalue weighted by Gasteiger charge is -2.47. The van der Waals surface area contributed by atoms with Crippen LogP contribution in [0.15, 0.2) is 41.9 Å². The maximum Gasteiger partial charge on any atom is 0.325 e. The Labute approximate surface area is 186 Å². The van der Waals surface area contributed by atoms with E-state index >= 15 is 0 Å². The minimum atomic E-state index is -1.39. The SMILES string of the molecule is CC1C(Cl)C(NCc2cccc([N+](=O)[O-])c2)(C(=O)O)CCN1c1ncc2ccsc2n1. The Kier molecular flexibility index (Phi) is 5.78. The van der Waals surface area contributed by atoms with Crippen molar-refractivity contribution in [3.63, 3.8) is 0 Å². The maximum atomic E-state index is 12.3. The van der Waals surface area contributed by atoms with Crippen LogP contribution in [0.3, 0.4) is 0 Å². The Morgan fingerprint density at radius 3 is 3.03 bits per heavy atom. The molecule has 2 N–H and O–H groups in total. The number of nitro benzene ring substituents is 1. The Balaban J connectivity index is 1.55. The number of alkyl halides is 1. The summed E-state index contributed by atoms with van der Waals surface area (Å²) < 4.78 is 0. The molecule has 2 aromatic heterocycles. The van der Waals surface area contributed by atoms with Gasteiger partial charge >= 0.3 is 5.97 Å². The number of nitrogens with one attached hydrogen (secondary N) is 1. The van der Waals surface area contributed by atoms with Crippen LogP contribution in [0, 0.1) is 10.1 Å². The first-order valence-electron chi connectivity index (χ1n) is 9.64. The first-order chi connectivity index (χ1) is 14.8. The predicted molar refractivity (Wildman–Crippen MR) is 119 cm³/mol. The summed E-state index contributed by atoms with van der Waals surface area (Å²) >= 11 is 8.24. The number of anilines is 1. The zero-order chi connectivity index (χ0) is 22.2. The lowest BCUT2D eigenvalue weighted by atomic mass is 9.82. The van der Waals surface area contributed by atoms with E-state index in [0.29, 0.717) is 18.1 Å². The van der Waals surface area contributed by atoms with Gasteiger partial charge in [0, 0.05) is 42.8 Å². The lowest BCUT2D eigenvalue weighted by molar-refractivity contribution is -0.384. The molecule has 9 nitrogen and oxygen atoms in total.